The molecule has 0 atom stereocenters. The summed E-state index contributed by atoms with van der Waals surface area (Å²) in [6.45, 7) is 0. The van der Waals surface area contributed by atoms with Crippen LogP contribution >= 0.6 is 24.0 Å². The number of aromatic hydroxyl groups is 2. The van der Waals surface area contributed by atoms with Crippen molar-refractivity contribution in [2.75, 3.05) is 0 Å². The number of nitrogens with zero attached hydrogens (tertiary/aromatic N) is 1. The SMILES string of the molecule is O=C1/C(=C/c2ccc(-c3cc(O)cc(O)c3)o2)SC(=S)N1C1C2CC3CC(C2)CC1C3. The Balaban J connectivity index is 1.26. The topological polar surface area (TPSA) is 73.9 Å². The van der Waals surface area contributed by atoms with Gasteiger partial charge in [-0.3, -0.25) is 9.69 Å². The first-order chi connectivity index (χ1) is 14.9. The van der Waals surface area contributed by atoms with Crippen LogP contribution in [0.3, 0.4) is 0 Å². The van der Waals surface area contributed by atoms with Crippen molar-refractivity contribution in [2.45, 2.75) is 38.1 Å². The number of furan rings is 1. The summed E-state index contributed by atoms with van der Waals surface area (Å²) < 4.78 is 6.54. The number of carbonyl (C=O) groups excluding carboxylic acids is 1. The number of hydrogen-bond acceptors (Lipinski definition) is 6. The van der Waals surface area contributed by atoms with Crippen LogP contribution in [0.15, 0.2) is 39.7 Å². The molecule has 1 aromatic carbocycles. The second-order valence-corrected chi connectivity index (χ2v) is 11.1. The lowest BCUT2D eigenvalue weighted by molar-refractivity contribution is -0.130. The van der Waals surface area contributed by atoms with E-state index in [-0.39, 0.29) is 23.4 Å². The Bertz CT molecular complexity index is 1070. The molecular weight excluding hydrogens is 430 g/mol. The zero-order valence-corrected chi connectivity index (χ0v) is 18.5. The number of phenols is 2. The van der Waals surface area contributed by atoms with Gasteiger partial charge in [-0.1, -0.05) is 24.0 Å². The maximum Gasteiger partial charge on any atom is 0.266 e. The molecule has 5 aliphatic rings. The molecule has 4 bridgehead atoms. The van der Waals surface area contributed by atoms with Gasteiger partial charge in [0.05, 0.1) is 4.91 Å². The fourth-order valence-corrected chi connectivity index (χ4v) is 7.83. The van der Waals surface area contributed by atoms with Gasteiger partial charge in [0.1, 0.15) is 27.3 Å². The molecule has 0 radical (unpaired) electrons. The van der Waals surface area contributed by atoms with Crippen molar-refractivity contribution >= 4 is 40.3 Å². The highest BCUT2D eigenvalue weighted by atomic mass is 32.2. The smallest absolute Gasteiger partial charge is 0.266 e. The van der Waals surface area contributed by atoms with Gasteiger partial charge in [0.25, 0.3) is 5.91 Å². The normalized spacial score (nSPS) is 33.1. The van der Waals surface area contributed by atoms with E-state index in [1.165, 1.54) is 62.1 Å². The van der Waals surface area contributed by atoms with Gasteiger partial charge in [0, 0.05) is 23.7 Å². The van der Waals surface area contributed by atoms with Gasteiger partial charge in [-0.2, -0.15) is 0 Å². The van der Waals surface area contributed by atoms with Gasteiger partial charge in [0.2, 0.25) is 0 Å². The predicted molar refractivity (Wildman–Crippen MR) is 123 cm³/mol. The summed E-state index contributed by atoms with van der Waals surface area (Å²) >= 11 is 7.02. The molecule has 7 rings (SSSR count). The molecule has 2 heterocycles. The van der Waals surface area contributed by atoms with Crippen molar-refractivity contribution < 1.29 is 19.4 Å². The van der Waals surface area contributed by atoms with Crippen LogP contribution in [0.5, 0.6) is 11.5 Å². The summed E-state index contributed by atoms with van der Waals surface area (Å²) in [6.07, 6.45) is 8.10. The number of thiocarbonyl (C=S) groups is 1. The van der Waals surface area contributed by atoms with Crippen molar-refractivity contribution in [3.05, 3.63) is 41.0 Å². The lowest BCUT2D eigenvalue weighted by Gasteiger charge is -2.56. The molecule has 1 amide bonds. The van der Waals surface area contributed by atoms with Gasteiger partial charge in [-0.05, 0) is 80.0 Å². The molecule has 2 N–H and O–H groups in total. The number of thioether (sulfide) groups is 1. The van der Waals surface area contributed by atoms with E-state index < -0.39 is 0 Å². The second-order valence-electron chi connectivity index (χ2n) is 9.41. The fourth-order valence-electron chi connectivity index (χ4n) is 6.51. The molecule has 1 aromatic heterocycles. The summed E-state index contributed by atoms with van der Waals surface area (Å²) in [5.41, 5.74) is 0.568. The summed E-state index contributed by atoms with van der Waals surface area (Å²) in [5, 5.41) is 19.4. The summed E-state index contributed by atoms with van der Waals surface area (Å²) in [6, 6.07) is 8.11. The fraction of sp³-hybridized carbons (Fsp3) is 0.417. The molecule has 1 saturated heterocycles. The summed E-state index contributed by atoms with van der Waals surface area (Å²) in [7, 11) is 0. The van der Waals surface area contributed by atoms with E-state index in [0.29, 0.717) is 38.1 Å². The number of carbonyl (C=O) groups is 1. The van der Waals surface area contributed by atoms with E-state index in [4.69, 9.17) is 16.6 Å². The molecule has 4 saturated carbocycles. The molecule has 31 heavy (non-hydrogen) atoms. The van der Waals surface area contributed by atoms with Gasteiger partial charge in [-0.15, -0.1) is 0 Å². The zero-order chi connectivity index (χ0) is 21.3. The van der Waals surface area contributed by atoms with Crippen LogP contribution in [0.4, 0.5) is 0 Å². The molecule has 5 fully saturated rings. The van der Waals surface area contributed by atoms with E-state index in [0.717, 1.165) is 11.8 Å². The van der Waals surface area contributed by atoms with Crippen molar-refractivity contribution in [2.24, 2.45) is 23.7 Å². The number of hydrogen-bond donors (Lipinski definition) is 2. The van der Waals surface area contributed by atoms with Crippen LogP contribution in [0.2, 0.25) is 0 Å². The van der Waals surface area contributed by atoms with Crippen LogP contribution < -0.4 is 0 Å². The first kappa shape index (κ1) is 19.4. The van der Waals surface area contributed by atoms with Crippen LogP contribution in [-0.2, 0) is 4.79 Å². The van der Waals surface area contributed by atoms with Crippen molar-refractivity contribution in [3.8, 4) is 22.8 Å². The first-order valence-corrected chi connectivity index (χ1v) is 12.1. The highest BCUT2D eigenvalue weighted by Gasteiger charge is 2.53. The Kier molecular flexibility index (Phi) is 4.47. The lowest BCUT2D eigenvalue weighted by Crippen LogP contribution is -2.57. The molecule has 5 nitrogen and oxygen atoms in total. The zero-order valence-electron chi connectivity index (χ0n) is 16.9. The molecule has 160 valence electrons. The van der Waals surface area contributed by atoms with Gasteiger partial charge in [-0.25, -0.2) is 0 Å². The van der Waals surface area contributed by atoms with Gasteiger partial charge in [0.15, 0.2) is 0 Å². The highest BCUT2D eigenvalue weighted by molar-refractivity contribution is 8.26. The molecular formula is C24H23NO4S2. The number of phenolic OH excluding ortho intramolecular Hbond substituents is 2. The third-order valence-electron chi connectivity index (χ3n) is 7.39. The molecule has 7 heteroatoms. The van der Waals surface area contributed by atoms with E-state index in [2.05, 4.69) is 0 Å². The molecule has 0 spiro atoms. The number of amides is 1. The standard InChI is InChI=1S/C24H23NO4S2/c26-17-8-14(9-18(27)10-17)20-2-1-19(29-20)11-21-23(28)25(24(30)31-21)22-15-4-12-3-13(6-15)7-16(22)5-12/h1-2,8-13,15-16,22,26-27H,3-7H2/b21-11-. The highest BCUT2D eigenvalue weighted by Crippen LogP contribution is 2.56. The van der Waals surface area contributed by atoms with Crippen LogP contribution in [-0.4, -0.2) is 31.4 Å². The van der Waals surface area contributed by atoms with Crippen LogP contribution in [0, 0.1) is 23.7 Å². The Morgan fingerprint density at radius 2 is 1.65 bits per heavy atom. The Hall–Kier alpha value is -2.25. The largest absolute Gasteiger partial charge is 0.508 e. The van der Waals surface area contributed by atoms with Crippen molar-refractivity contribution in [1.82, 2.24) is 4.90 Å². The number of benzene rings is 1. The molecule has 1 aliphatic heterocycles. The second kappa shape index (κ2) is 7.14. The Morgan fingerprint density at radius 3 is 2.29 bits per heavy atom. The average Bonchev–Trinajstić information content (AvgIpc) is 3.27. The van der Waals surface area contributed by atoms with E-state index in [9.17, 15) is 15.0 Å². The molecule has 2 aromatic rings. The maximum absolute atomic E-state index is 13.4. The van der Waals surface area contributed by atoms with Crippen molar-refractivity contribution in [3.63, 3.8) is 0 Å². The van der Waals surface area contributed by atoms with E-state index in [1.54, 1.807) is 18.2 Å². The Labute approximate surface area is 190 Å². The average molecular weight is 454 g/mol. The predicted octanol–water partition coefficient (Wildman–Crippen LogP) is 5.38. The molecule has 4 aliphatic carbocycles. The first-order valence-electron chi connectivity index (χ1n) is 10.8. The number of rotatable bonds is 3. The van der Waals surface area contributed by atoms with Gasteiger partial charge < -0.3 is 14.6 Å². The van der Waals surface area contributed by atoms with E-state index >= 15 is 0 Å². The molecule has 0 unspecified atom stereocenters. The summed E-state index contributed by atoms with van der Waals surface area (Å²) in [5.74, 6) is 3.86. The quantitative estimate of drug-likeness (QED) is 0.480. The maximum atomic E-state index is 13.4. The monoisotopic (exact) mass is 453 g/mol. The lowest BCUT2D eigenvalue weighted by atomic mass is 9.54. The van der Waals surface area contributed by atoms with Crippen LogP contribution in [0.25, 0.3) is 17.4 Å². The third-order valence-corrected chi connectivity index (χ3v) is 8.72. The summed E-state index contributed by atoms with van der Waals surface area (Å²) in [4.78, 5) is 15.9. The third kappa shape index (κ3) is 3.29. The Morgan fingerprint density at radius 1 is 1.00 bits per heavy atom. The van der Waals surface area contributed by atoms with Gasteiger partial charge >= 0.3 is 0 Å². The van der Waals surface area contributed by atoms with Crippen molar-refractivity contribution in [1.29, 1.82) is 0 Å². The minimum atomic E-state index is -0.0375. The van der Waals surface area contributed by atoms with Crippen LogP contribution in [0.1, 0.15) is 37.9 Å². The minimum absolute atomic E-state index is 0.000392. The minimum Gasteiger partial charge on any atom is -0.508 e. The van der Waals surface area contributed by atoms with E-state index in [1.807, 2.05) is 4.90 Å².